The molecule has 1 aliphatic rings. The summed E-state index contributed by atoms with van der Waals surface area (Å²) in [5.41, 5.74) is 1.59. The lowest BCUT2D eigenvalue weighted by molar-refractivity contribution is -0.153. The summed E-state index contributed by atoms with van der Waals surface area (Å²) in [7, 11) is 0. The summed E-state index contributed by atoms with van der Waals surface area (Å²) >= 11 is 0. The smallest absolute Gasteiger partial charge is 0.326 e. The quantitative estimate of drug-likeness (QED) is 0.823. The summed E-state index contributed by atoms with van der Waals surface area (Å²) in [6.07, 6.45) is -1.06. The summed E-state index contributed by atoms with van der Waals surface area (Å²) in [4.78, 5) is 37.8. The first kappa shape index (κ1) is 17.4. The van der Waals surface area contributed by atoms with Crippen molar-refractivity contribution in [2.75, 3.05) is 11.9 Å². The van der Waals surface area contributed by atoms with E-state index in [1.807, 2.05) is 0 Å². The van der Waals surface area contributed by atoms with Crippen LogP contribution in [0.15, 0.2) is 41.4 Å². The van der Waals surface area contributed by atoms with Gasteiger partial charge in [-0.05, 0) is 19.9 Å². The zero-order valence-electron chi connectivity index (χ0n) is 14.3. The van der Waals surface area contributed by atoms with E-state index < -0.39 is 18.0 Å². The van der Waals surface area contributed by atoms with E-state index in [0.29, 0.717) is 22.6 Å². The normalized spacial score (nSPS) is 14.2. The minimum Gasteiger partial charge on any atom is -0.451 e. The van der Waals surface area contributed by atoms with Crippen molar-refractivity contribution in [3.63, 3.8) is 0 Å². The number of carbonyl (C=O) groups is 3. The number of aromatic nitrogens is 1. The molecule has 1 N–H and O–H groups in total. The fourth-order valence-electron chi connectivity index (χ4n) is 2.57. The Labute approximate surface area is 149 Å². The maximum Gasteiger partial charge on any atom is 0.326 e. The molecule has 3 rings (SSSR count). The highest BCUT2D eigenvalue weighted by Crippen LogP contribution is 2.30. The Morgan fingerprint density at radius 3 is 2.65 bits per heavy atom. The van der Waals surface area contributed by atoms with Crippen LogP contribution in [0.4, 0.5) is 5.82 Å². The highest BCUT2D eigenvalue weighted by molar-refractivity contribution is 6.10. The van der Waals surface area contributed by atoms with Gasteiger partial charge in [-0.25, -0.2) is 0 Å². The maximum atomic E-state index is 12.4. The molecule has 1 aromatic carbocycles. The van der Waals surface area contributed by atoms with Crippen molar-refractivity contribution in [2.24, 2.45) is 0 Å². The summed E-state index contributed by atoms with van der Waals surface area (Å²) < 4.78 is 9.95. The fraction of sp³-hybridized carbons (Fsp3) is 0.222. The number of ether oxygens (including phenoxy) is 1. The van der Waals surface area contributed by atoms with Crippen molar-refractivity contribution in [2.45, 2.75) is 20.0 Å². The molecule has 26 heavy (non-hydrogen) atoms. The molecule has 8 nitrogen and oxygen atoms in total. The first-order valence-corrected chi connectivity index (χ1v) is 7.90. The molecule has 0 radical (unpaired) electrons. The molecule has 1 atom stereocenters. The lowest BCUT2D eigenvalue weighted by Gasteiger charge is -2.18. The third-order valence-electron chi connectivity index (χ3n) is 3.88. The Balaban J connectivity index is 1.58. The third kappa shape index (κ3) is 3.34. The molecule has 0 fully saturated rings. The van der Waals surface area contributed by atoms with E-state index in [9.17, 15) is 14.4 Å². The maximum absolute atomic E-state index is 12.4. The molecule has 0 spiro atoms. The SMILES string of the molecule is C=C1c2ccccc2C(=O)N1CC(=O)OC(C)C(=O)Nc1cc(C)on1. The Kier molecular flexibility index (Phi) is 4.57. The number of aryl methyl sites for hydroxylation is 1. The van der Waals surface area contributed by atoms with Crippen LogP contribution < -0.4 is 5.32 Å². The van der Waals surface area contributed by atoms with E-state index in [1.165, 1.54) is 17.9 Å². The molecule has 1 unspecified atom stereocenters. The van der Waals surface area contributed by atoms with E-state index in [-0.39, 0.29) is 18.3 Å². The molecule has 1 aliphatic heterocycles. The number of fused-ring (bicyclic) bond motifs is 1. The van der Waals surface area contributed by atoms with Crippen LogP contribution in [0.25, 0.3) is 5.70 Å². The van der Waals surface area contributed by atoms with E-state index in [2.05, 4.69) is 17.1 Å². The van der Waals surface area contributed by atoms with Gasteiger partial charge in [-0.2, -0.15) is 0 Å². The number of anilines is 1. The second kappa shape index (κ2) is 6.83. The Morgan fingerprint density at radius 1 is 1.35 bits per heavy atom. The molecule has 2 heterocycles. The molecular formula is C18H17N3O5. The minimum absolute atomic E-state index is 0.231. The van der Waals surface area contributed by atoms with Crippen molar-refractivity contribution in [1.29, 1.82) is 0 Å². The predicted molar refractivity (Wildman–Crippen MR) is 91.9 cm³/mol. The van der Waals surface area contributed by atoms with Crippen LogP contribution in [0.5, 0.6) is 0 Å². The van der Waals surface area contributed by atoms with Gasteiger partial charge in [-0.15, -0.1) is 0 Å². The molecular weight excluding hydrogens is 338 g/mol. The minimum atomic E-state index is -1.06. The number of carbonyl (C=O) groups excluding carboxylic acids is 3. The van der Waals surface area contributed by atoms with Gasteiger partial charge >= 0.3 is 5.97 Å². The number of nitrogens with one attached hydrogen (secondary N) is 1. The third-order valence-corrected chi connectivity index (χ3v) is 3.88. The Bertz CT molecular complexity index is 867. The van der Waals surface area contributed by atoms with Gasteiger partial charge in [-0.3, -0.25) is 19.3 Å². The average molecular weight is 355 g/mol. The number of rotatable bonds is 5. The molecule has 8 heteroatoms. The van der Waals surface area contributed by atoms with Crippen molar-refractivity contribution in [1.82, 2.24) is 10.1 Å². The van der Waals surface area contributed by atoms with Gasteiger partial charge in [-0.1, -0.05) is 29.9 Å². The van der Waals surface area contributed by atoms with Crippen LogP contribution in [0.1, 0.15) is 28.6 Å². The van der Waals surface area contributed by atoms with Gasteiger partial charge in [0.15, 0.2) is 11.9 Å². The Hall–Kier alpha value is -3.42. The van der Waals surface area contributed by atoms with Crippen LogP contribution >= 0.6 is 0 Å². The molecule has 2 amide bonds. The molecule has 0 saturated heterocycles. The van der Waals surface area contributed by atoms with Crippen LogP contribution in [-0.2, 0) is 14.3 Å². The van der Waals surface area contributed by atoms with Crippen LogP contribution in [0.2, 0.25) is 0 Å². The number of benzene rings is 1. The van der Waals surface area contributed by atoms with Gasteiger partial charge in [0, 0.05) is 22.9 Å². The van der Waals surface area contributed by atoms with Gasteiger partial charge in [0.25, 0.3) is 11.8 Å². The standard InChI is InChI=1S/C18H17N3O5/c1-10-8-15(20-26-10)19-17(23)12(3)25-16(22)9-21-11(2)13-6-4-5-7-14(13)18(21)24/h4-8,12H,2,9H2,1,3H3,(H,19,20,23). The summed E-state index contributed by atoms with van der Waals surface area (Å²) in [6.45, 7) is 6.64. The molecule has 1 aromatic heterocycles. The number of hydrogen-bond acceptors (Lipinski definition) is 6. The van der Waals surface area contributed by atoms with Gasteiger partial charge in [0.2, 0.25) is 0 Å². The molecule has 2 aromatic rings. The van der Waals surface area contributed by atoms with Crippen molar-refractivity contribution >= 4 is 29.3 Å². The van der Waals surface area contributed by atoms with Crippen LogP contribution in [0, 0.1) is 6.92 Å². The molecule has 0 saturated carbocycles. The lowest BCUT2D eigenvalue weighted by atomic mass is 10.1. The van der Waals surface area contributed by atoms with Gasteiger partial charge < -0.3 is 14.6 Å². The van der Waals surface area contributed by atoms with Crippen LogP contribution in [0.3, 0.4) is 0 Å². The monoisotopic (exact) mass is 355 g/mol. The second-order valence-corrected chi connectivity index (χ2v) is 5.83. The molecule has 134 valence electrons. The van der Waals surface area contributed by atoms with E-state index in [0.717, 1.165) is 0 Å². The van der Waals surface area contributed by atoms with E-state index in [1.54, 1.807) is 31.2 Å². The van der Waals surface area contributed by atoms with E-state index in [4.69, 9.17) is 9.26 Å². The number of esters is 1. The first-order chi connectivity index (χ1) is 12.4. The van der Waals surface area contributed by atoms with Crippen molar-refractivity contribution < 1.29 is 23.6 Å². The largest absolute Gasteiger partial charge is 0.451 e. The predicted octanol–water partition coefficient (Wildman–Crippen LogP) is 1.98. The topological polar surface area (TPSA) is 102 Å². The summed E-state index contributed by atoms with van der Waals surface area (Å²) in [5.74, 6) is -0.824. The second-order valence-electron chi connectivity index (χ2n) is 5.83. The fourth-order valence-corrected chi connectivity index (χ4v) is 2.57. The number of amides is 2. The average Bonchev–Trinajstić information content (AvgIpc) is 3.12. The zero-order chi connectivity index (χ0) is 18.8. The summed E-state index contributed by atoms with van der Waals surface area (Å²) in [6, 6.07) is 8.50. The highest BCUT2D eigenvalue weighted by Gasteiger charge is 2.33. The number of nitrogens with zero attached hydrogens (tertiary/aromatic N) is 2. The van der Waals surface area contributed by atoms with Crippen LogP contribution in [-0.4, -0.2) is 40.5 Å². The zero-order valence-corrected chi connectivity index (χ0v) is 14.3. The lowest BCUT2D eigenvalue weighted by Crippen LogP contribution is -2.35. The summed E-state index contributed by atoms with van der Waals surface area (Å²) in [5, 5.41) is 6.11. The first-order valence-electron chi connectivity index (χ1n) is 7.90. The highest BCUT2D eigenvalue weighted by atomic mass is 16.5. The Morgan fingerprint density at radius 2 is 2.04 bits per heavy atom. The van der Waals surface area contributed by atoms with Crippen molar-refractivity contribution in [3.05, 3.63) is 53.8 Å². The number of hydrogen-bond donors (Lipinski definition) is 1. The van der Waals surface area contributed by atoms with E-state index >= 15 is 0 Å². The van der Waals surface area contributed by atoms with Gasteiger partial charge in [0.05, 0.1) is 0 Å². The van der Waals surface area contributed by atoms with Crippen molar-refractivity contribution in [3.8, 4) is 0 Å². The molecule has 0 bridgehead atoms. The molecule has 0 aliphatic carbocycles. The van der Waals surface area contributed by atoms with Gasteiger partial charge in [0.1, 0.15) is 12.3 Å².